The molecule has 2 fully saturated rings. The highest BCUT2D eigenvalue weighted by Crippen LogP contribution is 2.68. The Bertz CT molecular complexity index is 1010. The lowest BCUT2D eigenvalue weighted by molar-refractivity contribution is -0.149. The van der Waals surface area contributed by atoms with Crippen molar-refractivity contribution in [2.45, 2.75) is 38.0 Å². The summed E-state index contributed by atoms with van der Waals surface area (Å²) in [5.41, 5.74) is 0.536. The highest BCUT2D eigenvalue weighted by Gasteiger charge is 2.68. The van der Waals surface area contributed by atoms with Crippen LogP contribution in [0.3, 0.4) is 0 Å². The molecule has 1 saturated heterocycles. The minimum atomic E-state index is -0.732. The molecule has 2 bridgehead atoms. The van der Waals surface area contributed by atoms with Crippen molar-refractivity contribution in [3.8, 4) is 11.3 Å². The summed E-state index contributed by atoms with van der Waals surface area (Å²) in [6.07, 6.45) is 1.58. The number of nitrogens with zero attached hydrogens (tertiary/aromatic N) is 3. The summed E-state index contributed by atoms with van der Waals surface area (Å²) in [7, 11) is 1.67. The van der Waals surface area contributed by atoms with Crippen LogP contribution in [0.25, 0.3) is 11.3 Å². The fourth-order valence-corrected chi connectivity index (χ4v) is 6.01. The van der Waals surface area contributed by atoms with Crippen LogP contribution in [0.4, 0.5) is 8.78 Å². The standard InChI is InChI=1S/C23H25F2N3O2/c1-22(2)15-7-8-23(22,21(29)28-10-13(11-28)12-30-3)20-14(15)9-18(26-27-20)19-16(24)5-4-6-17(19)25/h4-6,9,13,15H,7-8,10-12H2,1-3H3/t15-,23+/m0/s1. The summed E-state index contributed by atoms with van der Waals surface area (Å²) < 4.78 is 33.8. The van der Waals surface area contributed by atoms with Crippen molar-refractivity contribution in [3.05, 3.63) is 47.2 Å². The first-order chi connectivity index (χ1) is 14.3. The van der Waals surface area contributed by atoms with Gasteiger partial charge in [0, 0.05) is 26.1 Å². The lowest BCUT2D eigenvalue weighted by Crippen LogP contribution is -2.59. The topological polar surface area (TPSA) is 55.3 Å². The molecule has 0 spiro atoms. The number of hydrogen-bond donors (Lipinski definition) is 0. The molecule has 7 heteroatoms. The second kappa shape index (κ2) is 6.54. The number of methoxy groups -OCH3 is 1. The third-order valence-electron chi connectivity index (χ3n) is 7.61. The predicted octanol–water partition coefficient (Wildman–Crippen LogP) is 3.68. The first-order valence-electron chi connectivity index (χ1n) is 10.4. The summed E-state index contributed by atoms with van der Waals surface area (Å²) in [4.78, 5) is 15.6. The second-order valence-electron chi connectivity index (χ2n) is 9.38. The monoisotopic (exact) mass is 413 g/mol. The van der Waals surface area contributed by atoms with Crippen LogP contribution in [0.5, 0.6) is 0 Å². The van der Waals surface area contributed by atoms with Gasteiger partial charge in [0.1, 0.15) is 11.6 Å². The molecule has 1 aliphatic heterocycles. The third-order valence-corrected chi connectivity index (χ3v) is 7.61. The minimum Gasteiger partial charge on any atom is -0.384 e. The summed E-state index contributed by atoms with van der Waals surface area (Å²) in [5, 5.41) is 8.61. The van der Waals surface area contributed by atoms with Crippen molar-refractivity contribution in [1.82, 2.24) is 15.1 Å². The number of carbonyl (C=O) groups is 1. The van der Waals surface area contributed by atoms with Crippen LogP contribution in [0.1, 0.15) is 43.9 Å². The van der Waals surface area contributed by atoms with E-state index in [4.69, 9.17) is 4.74 Å². The van der Waals surface area contributed by atoms with Gasteiger partial charge in [-0.3, -0.25) is 4.79 Å². The molecule has 1 aromatic heterocycles. The first kappa shape index (κ1) is 19.5. The number of halogens is 2. The molecule has 5 rings (SSSR count). The number of benzene rings is 1. The van der Waals surface area contributed by atoms with Crippen LogP contribution in [-0.4, -0.2) is 47.8 Å². The Hall–Kier alpha value is -2.41. The third kappa shape index (κ3) is 2.38. The van der Waals surface area contributed by atoms with E-state index in [2.05, 4.69) is 24.0 Å². The Morgan fingerprint density at radius 2 is 1.93 bits per heavy atom. The molecule has 1 aromatic carbocycles. The Morgan fingerprint density at radius 3 is 2.60 bits per heavy atom. The zero-order valence-corrected chi connectivity index (χ0v) is 17.4. The summed E-state index contributed by atoms with van der Waals surface area (Å²) >= 11 is 0. The quantitative estimate of drug-likeness (QED) is 0.767. The van der Waals surface area contributed by atoms with E-state index < -0.39 is 17.0 Å². The van der Waals surface area contributed by atoms with Gasteiger partial charge in [-0.1, -0.05) is 19.9 Å². The van der Waals surface area contributed by atoms with Crippen LogP contribution in [0, 0.1) is 23.0 Å². The molecule has 2 heterocycles. The predicted molar refractivity (Wildman–Crippen MR) is 107 cm³/mol. The van der Waals surface area contributed by atoms with E-state index in [0.717, 1.165) is 18.4 Å². The Kier molecular flexibility index (Phi) is 4.26. The van der Waals surface area contributed by atoms with Crippen molar-refractivity contribution < 1.29 is 18.3 Å². The lowest BCUT2D eigenvalue weighted by Gasteiger charge is -2.46. The Morgan fingerprint density at radius 1 is 1.23 bits per heavy atom. The molecule has 2 aromatic rings. The van der Waals surface area contributed by atoms with Gasteiger partial charge >= 0.3 is 0 Å². The largest absolute Gasteiger partial charge is 0.384 e. The molecule has 158 valence electrons. The molecule has 0 N–H and O–H groups in total. The van der Waals surface area contributed by atoms with Crippen molar-refractivity contribution in [2.24, 2.45) is 11.3 Å². The summed E-state index contributed by atoms with van der Waals surface area (Å²) in [6, 6.07) is 5.51. The first-order valence-corrected chi connectivity index (χ1v) is 10.4. The molecule has 2 atom stereocenters. The van der Waals surface area contributed by atoms with Gasteiger partial charge in [-0.05, 0) is 47.9 Å². The maximum absolute atomic E-state index is 14.3. The number of carbonyl (C=O) groups excluding carboxylic acids is 1. The van der Waals surface area contributed by atoms with Gasteiger partial charge in [0.05, 0.1) is 29.0 Å². The molecule has 1 amide bonds. The number of ether oxygens (including phenoxy) is 1. The van der Waals surface area contributed by atoms with Crippen molar-refractivity contribution in [1.29, 1.82) is 0 Å². The van der Waals surface area contributed by atoms with E-state index in [0.29, 0.717) is 31.3 Å². The zero-order valence-electron chi connectivity index (χ0n) is 17.4. The molecular formula is C23H25F2N3O2. The number of amides is 1. The van der Waals surface area contributed by atoms with Gasteiger partial charge in [-0.15, -0.1) is 5.10 Å². The molecule has 30 heavy (non-hydrogen) atoms. The number of aromatic nitrogens is 2. The summed E-state index contributed by atoms with van der Waals surface area (Å²) in [5.74, 6) is -0.754. The average Bonchev–Trinajstić information content (AvgIpc) is 3.05. The number of likely N-dealkylation sites (tertiary alicyclic amines) is 1. The van der Waals surface area contributed by atoms with Crippen molar-refractivity contribution in [3.63, 3.8) is 0 Å². The van der Waals surface area contributed by atoms with Gasteiger partial charge in [0.25, 0.3) is 0 Å². The Balaban J connectivity index is 1.56. The smallest absolute Gasteiger partial charge is 0.235 e. The number of rotatable bonds is 4. The van der Waals surface area contributed by atoms with E-state index >= 15 is 0 Å². The van der Waals surface area contributed by atoms with Gasteiger partial charge in [-0.25, -0.2) is 8.78 Å². The van der Waals surface area contributed by atoms with E-state index in [9.17, 15) is 13.6 Å². The fourth-order valence-electron chi connectivity index (χ4n) is 6.01. The SMILES string of the molecule is COCC1CN(C(=O)[C@@]23CC[C@@H](c4cc(-c5c(F)cccc5F)nnc42)C3(C)C)C1. The normalized spacial score (nSPS) is 26.6. The molecule has 0 radical (unpaired) electrons. The van der Waals surface area contributed by atoms with Crippen LogP contribution in [-0.2, 0) is 14.9 Å². The number of fused-ring (bicyclic) bond motifs is 5. The van der Waals surface area contributed by atoms with E-state index in [1.807, 2.05) is 4.90 Å². The van der Waals surface area contributed by atoms with Gasteiger partial charge in [0.15, 0.2) is 0 Å². The maximum atomic E-state index is 14.3. The van der Waals surface area contributed by atoms with Crippen LogP contribution >= 0.6 is 0 Å². The van der Waals surface area contributed by atoms with Crippen LogP contribution < -0.4 is 0 Å². The fraction of sp³-hybridized carbons (Fsp3) is 0.522. The van der Waals surface area contributed by atoms with Crippen molar-refractivity contribution in [2.75, 3.05) is 26.8 Å². The summed E-state index contributed by atoms with van der Waals surface area (Å²) in [6.45, 7) is 6.25. The molecule has 5 nitrogen and oxygen atoms in total. The minimum absolute atomic E-state index is 0.0974. The molecule has 2 aliphatic carbocycles. The van der Waals surface area contributed by atoms with Gasteiger partial charge in [0.2, 0.25) is 5.91 Å². The molecule has 3 aliphatic rings. The zero-order chi connectivity index (χ0) is 21.3. The highest BCUT2D eigenvalue weighted by atomic mass is 19.1. The van der Waals surface area contributed by atoms with E-state index in [-0.39, 0.29) is 28.5 Å². The van der Waals surface area contributed by atoms with Crippen molar-refractivity contribution >= 4 is 5.91 Å². The highest BCUT2D eigenvalue weighted by molar-refractivity contribution is 5.92. The molecular weight excluding hydrogens is 388 g/mol. The second-order valence-corrected chi connectivity index (χ2v) is 9.38. The van der Waals surface area contributed by atoms with E-state index in [1.165, 1.54) is 18.2 Å². The average molecular weight is 413 g/mol. The molecule has 1 saturated carbocycles. The maximum Gasteiger partial charge on any atom is 0.235 e. The van der Waals surface area contributed by atoms with Gasteiger partial charge in [-0.2, -0.15) is 5.10 Å². The number of hydrogen-bond acceptors (Lipinski definition) is 4. The van der Waals surface area contributed by atoms with Gasteiger partial charge < -0.3 is 9.64 Å². The van der Waals surface area contributed by atoms with Crippen LogP contribution in [0.15, 0.2) is 24.3 Å². The molecule has 0 unspecified atom stereocenters. The van der Waals surface area contributed by atoms with Crippen LogP contribution in [0.2, 0.25) is 0 Å². The van der Waals surface area contributed by atoms with E-state index in [1.54, 1.807) is 13.2 Å². The Labute approximate surface area is 174 Å². The lowest BCUT2D eigenvalue weighted by atomic mass is 9.67.